The van der Waals surface area contributed by atoms with Gasteiger partial charge in [0.25, 0.3) is 5.91 Å². The van der Waals surface area contributed by atoms with Crippen molar-refractivity contribution in [3.63, 3.8) is 0 Å². The summed E-state index contributed by atoms with van der Waals surface area (Å²) in [5.74, 6) is -0.242. The Morgan fingerprint density at radius 2 is 2.21 bits per heavy atom. The van der Waals surface area contributed by atoms with E-state index in [9.17, 15) is 4.79 Å². The number of rotatable bonds is 3. The molecular weight excluding hydrogens is 240 g/mol. The second kappa shape index (κ2) is 5.14. The lowest BCUT2D eigenvalue weighted by atomic mass is 10.1. The highest BCUT2D eigenvalue weighted by molar-refractivity contribution is 6.06. The molecule has 2 rings (SSSR count). The number of hydrogen-bond donors (Lipinski definition) is 2. The number of aryl methyl sites for hydroxylation is 3. The molecule has 2 aromatic rings. The van der Waals surface area contributed by atoms with E-state index in [1.165, 1.54) is 10.2 Å². The molecule has 1 amide bonds. The van der Waals surface area contributed by atoms with Gasteiger partial charge >= 0.3 is 0 Å². The maximum atomic E-state index is 12.2. The van der Waals surface area contributed by atoms with Crippen molar-refractivity contribution in [1.29, 1.82) is 0 Å². The SMILES string of the molecule is CCc1cccc(NC(=O)c2c(N)c(C)nn2C)c1. The van der Waals surface area contributed by atoms with Gasteiger partial charge in [-0.25, -0.2) is 0 Å². The van der Waals surface area contributed by atoms with Crippen molar-refractivity contribution >= 4 is 17.3 Å². The molecule has 0 spiro atoms. The fourth-order valence-electron chi connectivity index (χ4n) is 2.00. The standard InChI is InChI=1S/C14H18N4O/c1-4-10-6-5-7-11(8-10)16-14(19)13-12(15)9(2)17-18(13)3/h5-8H,4,15H2,1-3H3,(H,16,19). The summed E-state index contributed by atoms with van der Waals surface area (Å²) in [6, 6.07) is 7.76. The highest BCUT2D eigenvalue weighted by atomic mass is 16.2. The first-order valence-electron chi connectivity index (χ1n) is 6.22. The molecule has 0 radical (unpaired) electrons. The normalized spacial score (nSPS) is 10.5. The first-order valence-corrected chi connectivity index (χ1v) is 6.22. The number of benzene rings is 1. The number of anilines is 2. The van der Waals surface area contributed by atoms with Crippen LogP contribution < -0.4 is 11.1 Å². The monoisotopic (exact) mass is 258 g/mol. The highest BCUT2D eigenvalue weighted by Crippen LogP contribution is 2.18. The van der Waals surface area contributed by atoms with Crippen LogP contribution in [-0.4, -0.2) is 15.7 Å². The molecule has 5 heteroatoms. The predicted octanol–water partition coefficient (Wildman–Crippen LogP) is 2.13. The molecule has 1 heterocycles. The van der Waals surface area contributed by atoms with Gasteiger partial charge in [-0.1, -0.05) is 19.1 Å². The van der Waals surface area contributed by atoms with E-state index in [0.717, 1.165) is 12.1 Å². The Kier molecular flexibility index (Phi) is 3.55. The van der Waals surface area contributed by atoms with Gasteiger partial charge in [0.1, 0.15) is 5.69 Å². The zero-order chi connectivity index (χ0) is 14.0. The van der Waals surface area contributed by atoms with Crippen LogP contribution in [0.1, 0.15) is 28.7 Å². The number of nitrogens with two attached hydrogens (primary N) is 1. The first-order chi connectivity index (χ1) is 9.02. The third-order valence-corrected chi connectivity index (χ3v) is 3.08. The van der Waals surface area contributed by atoms with Crippen molar-refractivity contribution in [1.82, 2.24) is 9.78 Å². The number of nitrogen functional groups attached to an aromatic ring is 1. The van der Waals surface area contributed by atoms with Crippen LogP contribution in [-0.2, 0) is 13.5 Å². The zero-order valence-electron chi connectivity index (χ0n) is 11.4. The Hall–Kier alpha value is -2.30. The van der Waals surface area contributed by atoms with E-state index in [4.69, 9.17) is 5.73 Å². The van der Waals surface area contributed by atoms with E-state index >= 15 is 0 Å². The Labute approximate surface area is 112 Å². The lowest BCUT2D eigenvalue weighted by Gasteiger charge is -2.07. The molecule has 1 aromatic carbocycles. The number of carbonyl (C=O) groups excluding carboxylic acids is 1. The van der Waals surface area contributed by atoms with Gasteiger partial charge in [-0.15, -0.1) is 0 Å². The van der Waals surface area contributed by atoms with Crippen molar-refractivity contribution in [3.8, 4) is 0 Å². The molecule has 0 saturated carbocycles. The lowest BCUT2D eigenvalue weighted by molar-refractivity contribution is 0.101. The number of carbonyl (C=O) groups is 1. The van der Waals surface area contributed by atoms with Gasteiger partial charge in [0.05, 0.1) is 11.4 Å². The largest absolute Gasteiger partial charge is 0.395 e. The van der Waals surface area contributed by atoms with Crippen molar-refractivity contribution in [3.05, 3.63) is 41.2 Å². The molecule has 0 bridgehead atoms. The Morgan fingerprint density at radius 3 is 2.79 bits per heavy atom. The van der Waals surface area contributed by atoms with Gasteiger partial charge in [0.15, 0.2) is 0 Å². The topological polar surface area (TPSA) is 72.9 Å². The number of nitrogens with one attached hydrogen (secondary N) is 1. The molecule has 5 nitrogen and oxygen atoms in total. The predicted molar refractivity (Wildman–Crippen MR) is 76.1 cm³/mol. The molecule has 0 fully saturated rings. The Bertz CT molecular complexity index is 616. The van der Waals surface area contributed by atoms with Gasteiger partial charge < -0.3 is 11.1 Å². The minimum absolute atomic E-state index is 0.242. The van der Waals surface area contributed by atoms with Gasteiger partial charge in [0.2, 0.25) is 0 Å². The summed E-state index contributed by atoms with van der Waals surface area (Å²) in [7, 11) is 1.71. The van der Waals surface area contributed by atoms with Gasteiger partial charge in [-0.3, -0.25) is 9.48 Å². The molecule has 1 aromatic heterocycles. The zero-order valence-corrected chi connectivity index (χ0v) is 11.4. The molecule has 0 aliphatic carbocycles. The molecule has 0 aliphatic heterocycles. The van der Waals surface area contributed by atoms with Crippen LogP contribution in [0.3, 0.4) is 0 Å². The quantitative estimate of drug-likeness (QED) is 0.885. The third kappa shape index (κ3) is 2.59. The number of aromatic nitrogens is 2. The third-order valence-electron chi connectivity index (χ3n) is 3.08. The van der Waals surface area contributed by atoms with Crippen LogP contribution in [0, 0.1) is 6.92 Å². The fourth-order valence-corrected chi connectivity index (χ4v) is 2.00. The van der Waals surface area contributed by atoms with Crippen LogP contribution in [0.25, 0.3) is 0 Å². The summed E-state index contributed by atoms with van der Waals surface area (Å²) in [5.41, 5.74) is 9.28. The van der Waals surface area contributed by atoms with Gasteiger partial charge in [-0.05, 0) is 31.0 Å². The number of nitrogens with zero attached hydrogens (tertiary/aromatic N) is 2. The summed E-state index contributed by atoms with van der Waals surface area (Å²) < 4.78 is 1.50. The average Bonchev–Trinajstić information content (AvgIpc) is 2.63. The van der Waals surface area contributed by atoms with E-state index in [1.54, 1.807) is 14.0 Å². The maximum Gasteiger partial charge on any atom is 0.276 e. The van der Waals surface area contributed by atoms with Gasteiger partial charge in [0, 0.05) is 12.7 Å². The summed E-state index contributed by atoms with van der Waals surface area (Å²) in [5, 5.41) is 6.99. The number of hydrogen-bond acceptors (Lipinski definition) is 3. The van der Waals surface area contributed by atoms with Crippen LogP contribution in [0.2, 0.25) is 0 Å². The van der Waals surface area contributed by atoms with Crippen LogP contribution in [0.15, 0.2) is 24.3 Å². The summed E-state index contributed by atoms with van der Waals surface area (Å²) in [6.07, 6.45) is 0.927. The van der Waals surface area contributed by atoms with E-state index in [0.29, 0.717) is 17.1 Å². The summed E-state index contributed by atoms with van der Waals surface area (Å²) in [6.45, 7) is 3.85. The van der Waals surface area contributed by atoms with Gasteiger partial charge in [-0.2, -0.15) is 5.10 Å². The molecule has 0 atom stereocenters. The van der Waals surface area contributed by atoms with Crippen molar-refractivity contribution < 1.29 is 4.79 Å². The molecule has 19 heavy (non-hydrogen) atoms. The van der Waals surface area contributed by atoms with Crippen LogP contribution >= 0.6 is 0 Å². The second-order valence-corrected chi connectivity index (χ2v) is 4.48. The van der Waals surface area contributed by atoms with E-state index in [1.807, 2.05) is 24.3 Å². The molecule has 3 N–H and O–H groups in total. The smallest absolute Gasteiger partial charge is 0.276 e. The van der Waals surface area contributed by atoms with Crippen molar-refractivity contribution in [2.75, 3.05) is 11.1 Å². The summed E-state index contributed by atoms with van der Waals surface area (Å²) in [4.78, 5) is 12.2. The van der Waals surface area contributed by atoms with Crippen LogP contribution in [0.4, 0.5) is 11.4 Å². The van der Waals surface area contributed by atoms with Crippen molar-refractivity contribution in [2.24, 2.45) is 7.05 Å². The minimum Gasteiger partial charge on any atom is -0.395 e. The minimum atomic E-state index is -0.242. The van der Waals surface area contributed by atoms with Crippen molar-refractivity contribution in [2.45, 2.75) is 20.3 Å². The highest BCUT2D eigenvalue weighted by Gasteiger charge is 2.17. The number of amides is 1. The molecular formula is C14H18N4O. The van der Waals surface area contributed by atoms with E-state index in [-0.39, 0.29) is 5.91 Å². The molecule has 0 saturated heterocycles. The van der Waals surface area contributed by atoms with E-state index in [2.05, 4.69) is 17.3 Å². The Balaban J connectivity index is 2.25. The molecule has 100 valence electrons. The lowest BCUT2D eigenvalue weighted by Crippen LogP contribution is -2.17. The summed E-state index contributed by atoms with van der Waals surface area (Å²) >= 11 is 0. The second-order valence-electron chi connectivity index (χ2n) is 4.48. The molecule has 0 unspecified atom stereocenters. The average molecular weight is 258 g/mol. The molecule has 0 aliphatic rings. The van der Waals surface area contributed by atoms with E-state index < -0.39 is 0 Å². The fraction of sp³-hybridized carbons (Fsp3) is 0.286. The van der Waals surface area contributed by atoms with Crippen LogP contribution in [0.5, 0.6) is 0 Å². The maximum absolute atomic E-state index is 12.2. The Morgan fingerprint density at radius 1 is 1.47 bits per heavy atom. The first kappa shape index (κ1) is 13.1.